The predicted molar refractivity (Wildman–Crippen MR) is 107 cm³/mol. The summed E-state index contributed by atoms with van der Waals surface area (Å²) < 4.78 is 11.1. The SMILES string of the molecule is Cc1[nH]cnc1CN1CCC(CCC(=O)Nc2ccc3c(c2)OCCO3)CC1. The third kappa shape index (κ3) is 4.65. The first-order valence-electron chi connectivity index (χ1n) is 10.1. The number of ether oxygens (including phenoxy) is 2. The monoisotopic (exact) mass is 384 g/mol. The number of imidazole rings is 1. The molecule has 7 heteroatoms. The number of amides is 1. The Kier molecular flexibility index (Phi) is 5.81. The summed E-state index contributed by atoms with van der Waals surface area (Å²) in [7, 11) is 0. The van der Waals surface area contributed by atoms with E-state index in [0.29, 0.717) is 31.3 Å². The van der Waals surface area contributed by atoms with Crippen LogP contribution >= 0.6 is 0 Å². The van der Waals surface area contributed by atoms with Gasteiger partial charge in [-0.3, -0.25) is 9.69 Å². The molecular formula is C21H28N4O3. The lowest BCUT2D eigenvalue weighted by molar-refractivity contribution is -0.116. The summed E-state index contributed by atoms with van der Waals surface area (Å²) >= 11 is 0. The highest BCUT2D eigenvalue weighted by atomic mass is 16.6. The van der Waals surface area contributed by atoms with Gasteiger partial charge in [0.25, 0.3) is 0 Å². The van der Waals surface area contributed by atoms with Gasteiger partial charge in [-0.05, 0) is 57.3 Å². The normalized spacial score (nSPS) is 17.5. The van der Waals surface area contributed by atoms with Gasteiger partial charge in [0.2, 0.25) is 5.91 Å². The van der Waals surface area contributed by atoms with E-state index in [-0.39, 0.29) is 5.91 Å². The summed E-state index contributed by atoms with van der Waals surface area (Å²) in [5, 5.41) is 2.98. The topological polar surface area (TPSA) is 79.5 Å². The molecule has 0 saturated carbocycles. The van der Waals surface area contributed by atoms with Gasteiger partial charge in [-0.25, -0.2) is 4.98 Å². The van der Waals surface area contributed by atoms with Crippen molar-refractivity contribution in [2.75, 3.05) is 31.6 Å². The molecule has 2 aromatic rings. The number of anilines is 1. The molecule has 0 spiro atoms. The van der Waals surface area contributed by atoms with E-state index in [2.05, 4.69) is 27.1 Å². The van der Waals surface area contributed by atoms with Crippen molar-refractivity contribution in [1.82, 2.24) is 14.9 Å². The van der Waals surface area contributed by atoms with Crippen molar-refractivity contribution in [3.05, 3.63) is 35.9 Å². The molecule has 3 heterocycles. The highest BCUT2D eigenvalue weighted by Gasteiger charge is 2.21. The molecule has 7 nitrogen and oxygen atoms in total. The molecule has 0 atom stereocenters. The summed E-state index contributed by atoms with van der Waals surface area (Å²) in [6.07, 6.45) is 5.53. The van der Waals surface area contributed by atoms with Crippen LogP contribution in [-0.4, -0.2) is 47.1 Å². The fraction of sp³-hybridized carbons (Fsp3) is 0.524. The van der Waals surface area contributed by atoms with Gasteiger partial charge >= 0.3 is 0 Å². The van der Waals surface area contributed by atoms with E-state index in [1.54, 1.807) is 6.33 Å². The number of nitrogens with one attached hydrogen (secondary N) is 2. The number of piperidine rings is 1. The minimum absolute atomic E-state index is 0.0613. The van der Waals surface area contributed by atoms with Crippen molar-refractivity contribution in [3.8, 4) is 11.5 Å². The number of benzene rings is 1. The highest BCUT2D eigenvalue weighted by molar-refractivity contribution is 5.91. The van der Waals surface area contributed by atoms with E-state index >= 15 is 0 Å². The summed E-state index contributed by atoms with van der Waals surface area (Å²) in [5.41, 5.74) is 3.05. The van der Waals surface area contributed by atoms with Gasteiger partial charge in [-0.1, -0.05) is 0 Å². The smallest absolute Gasteiger partial charge is 0.224 e. The number of carbonyl (C=O) groups is 1. The Morgan fingerprint density at radius 2 is 2.04 bits per heavy atom. The van der Waals surface area contributed by atoms with Gasteiger partial charge in [0.15, 0.2) is 11.5 Å². The number of hydrogen-bond donors (Lipinski definition) is 2. The van der Waals surface area contributed by atoms with Gasteiger partial charge in [0.05, 0.1) is 12.0 Å². The molecule has 28 heavy (non-hydrogen) atoms. The summed E-state index contributed by atoms with van der Waals surface area (Å²) in [6.45, 7) is 6.23. The lowest BCUT2D eigenvalue weighted by Crippen LogP contribution is -2.33. The molecule has 2 N–H and O–H groups in total. The second-order valence-corrected chi connectivity index (χ2v) is 7.64. The van der Waals surface area contributed by atoms with Gasteiger partial charge in [0, 0.05) is 30.4 Å². The maximum atomic E-state index is 12.3. The van der Waals surface area contributed by atoms with Crippen molar-refractivity contribution in [2.45, 2.75) is 39.2 Å². The van der Waals surface area contributed by atoms with Crippen LogP contribution in [-0.2, 0) is 11.3 Å². The minimum atomic E-state index is 0.0613. The first-order valence-corrected chi connectivity index (χ1v) is 10.1. The van der Waals surface area contributed by atoms with Crippen molar-refractivity contribution in [3.63, 3.8) is 0 Å². The Morgan fingerprint density at radius 1 is 1.25 bits per heavy atom. The number of nitrogens with zero attached hydrogens (tertiary/aromatic N) is 2. The number of carbonyl (C=O) groups excluding carboxylic acids is 1. The summed E-state index contributed by atoms with van der Waals surface area (Å²) in [5.74, 6) is 2.11. The molecule has 4 rings (SSSR count). The zero-order valence-corrected chi connectivity index (χ0v) is 16.4. The van der Waals surface area contributed by atoms with Gasteiger partial charge < -0.3 is 19.8 Å². The van der Waals surface area contributed by atoms with Gasteiger partial charge in [-0.2, -0.15) is 0 Å². The molecule has 0 bridgehead atoms. The Morgan fingerprint density at radius 3 is 2.79 bits per heavy atom. The molecule has 1 saturated heterocycles. The van der Waals surface area contributed by atoms with Crippen LogP contribution in [0, 0.1) is 12.8 Å². The maximum Gasteiger partial charge on any atom is 0.224 e. The quantitative estimate of drug-likeness (QED) is 0.800. The number of aryl methyl sites for hydroxylation is 1. The van der Waals surface area contributed by atoms with Crippen molar-refractivity contribution >= 4 is 11.6 Å². The third-order valence-corrected chi connectivity index (χ3v) is 5.62. The molecule has 1 fully saturated rings. The number of H-pyrrole nitrogens is 1. The Hall–Kier alpha value is -2.54. The Balaban J connectivity index is 1.19. The third-order valence-electron chi connectivity index (χ3n) is 5.62. The number of fused-ring (bicyclic) bond motifs is 1. The highest BCUT2D eigenvalue weighted by Crippen LogP contribution is 2.32. The van der Waals surface area contributed by atoms with Crippen LogP contribution in [0.4, 0.5) is 5.69 Å². The Labute approximate surface area is 165 Å². The average Bonchev–Trinajstić information content (AvgIpc) is 3.12. The van der Waals surface area contributed by atoms with Crippen LogP contribution in [0.3, 0.4) is 0 Å². The van der Waals surface area contributed by atoms with Crippen LogP contribution < -0.4 is 14.8 Å². The van der Waals surface area contributed by atoms with Gasteiger partial charge in [-0.15, -0.1) is 0 Å². The lowest BCUT2D eigenvalue weighted by Gasteiger charge is -2.31. The molecule has 2 aliphatic heterocycles. The Bertz CT molecular complexity index is 812. The van der Waals surface area contributed by atoms with Crippen LogP contribution in [0.1, 0.15) is 37.1 Å². The van der Waals surface area contributed by atoms with E-state index < -0.39 is 0 Å². The average molecular weight is 384 g/mol. The standard InChI is InChI=1S/C21H28N4O3/c1-15-18(23-14-22-15)13-25-8-6-16(7-9-25)2-5-21(26)24-17-3-4-19-20(12-17)28-11-10-27-19/h3-4,12,14,16H,2,5-11,13H2,1H3,(H,22,23)(H,24,26). The summed E-state index contributed by atoms with van der Waals surface area (Å²) in [4.78, 5) is 22.3. The lowest BCUT2D eigenvalue weighted by atomic mass is 9.92. The van der Waals surface area contributed by atoms with Crippen molar-refractivity contribution < 1.29 is 14.3 Å². The van der Waals surface area contributed by atoms with E-state index in [9.17, 15) is 4.79 Å². The number of aromatic nitrogens is 2. The summed E-state index contributed by atoms with van der Waals surface area (Å²) in [6, 6.07) is 5.55. The van der Waals surface area contributed by atoms with Crippen molar-refractivity contribution in [1.29, 1.82) is 0 Å². The van der Waals surface area contributed by atoms with Crippen LogP contribution in [0.25, 0.3) is 0 Å². The fourth-order valence-electron chi connectivity index (χ4n) is 3.87. The minimum Gasteiger partial charge on any atom is -0.486 e. The maximum absolute atomic E-state index is 12.3. The van der Waals surface area contributed by atoms with E-state index in [0.717, 1.165) is 61.7 Å². The fourth-order valence-corrected chi connectivity index (χ4v) is 3.87. The molecule has 0 unspecified atom stereocenters. The molecule has 1 aromatic heterocycles. The molecule has 1 aromatic carbocycles. The van der Waals surface area contributed by atoms with E-state index in [1.807, 2.05) is 18.2 Å². The molecule has 1 amide bonds. The van der Waals surface area contributed by atoms with Crippen LogP contribution in [0.15, 0.2) is 24.5 Å². The number of aromatic amines is 1. The first-order chi connectivity index (χ1) is 13.7. The number of hydrogen-bond acceptors (Lipinski definition) is 5. The second-order valence-electron chi connectivity index (χ2n) is 7.64. The molecular weight excluding hydrogens is 356 g/mol. The zero-order valence-electron chi connectivity index (χ0n) is 16.4. The van der Waals surface area contributed by atoms with Crippen molar-refractivity contribution in [2.24, 2.45) is 5.92 Å². The molecule has 0 radical (unpaired) electrons. The molecule has 150 valence electrons. The largest absolute Gasteiger partial charge is 0.486 e. The van der Waals surface area contributed by atoms with E-state index in [4.69, 9.17) is 9.47 Å². The first kappa shape index (κ1) is 18.8. The van der Waals surface area contributed by atoms with Gasteiger partial charge in [0.1, 0.15) is 13.2 Å². The molecule has 0 aliphatic carbocycles. The molecule has 2 aliphatic rings. The number of likely N-dealkylation sites (tertiary alicyclic amines) is 1. The van der Waals surface area contributed by atoms with E-state index in [1.165, 1.54) is 0 Å². The van der Waals surface area contributed by atoms with Crippen LogP contribution in [0.5, 0.6) is 11.5 Å². The predicted octanol–water partition coefficient (Wildman–Crippen LogP) is 3.12. The number of rotatable bonds is 6. The zero-order chi connectivity index (χ0) is 19.3. The van der Waals surface area contributed by atoms with Crippen LogP contribution in [0.2, 0.25) is 0 Å². The second kappa shape index (κ2) is 8.65.